The van der Waals surface area contributed by atoms with Gasteiger partial charge in [-0.2, -0.15) is 13.2 Å². The Kier molecular flexibility index (Phi) is 9.96. The largest absolute Gasteiger partial charge is 0.493 e. The molecule has 0 radical (unpaired) electrons. The molecule has 43 heavy (non-hydrogen) atoms. The lowest BCUT2D eigenvalue weighted by Crippen LogP contribution is -2.31. The Morgan fingerprint density at radius 3 is 2.37 bits per heavy atom. The Bertz CT molecular complexity index is 1530. The van der Waals surface area contributed by atoms with Crippen LogP contribution in [0.4, 0.5) is 24.5 Å². The molecular formula is C30H28F3N3O6S. The fourth-order valence-electron chi connectivity index (χ4n) is 4.29. The van der Waals surface area contributed by atoms with Crippen molar-refractivity contribution in [3.05, 3.63) is 83.4 Å². The van der Waals surface area contributed by atoms with Gasteiger partial charge in [-0.15, -0.1) is 0 Å². The van der Waals surface area contributed by atoms with Gasteiger partial charge in [0.1, 0.15) is 5.25 Å². The van der Waals surface area contributed by atoms with E-state index in [-0.39, 0.29) is 35.1 Å². The summed E-state index contributed by atoms with van der Waals surface area (Å²) in [5.74, 6) is -0.438. The zero-order valence-electron chi connectivity index (χ0n) is 23.4. The number of ether oxygens (including phenoxy) is 3. The van der Waals surface area contributed by atoms with Crippen LogP contribution < -0.4 is 19.7 Å². The summed E-state index contributed by atoms with van der Waals surface area (Å²) in [5.41, 5.74) is 0.688. The summed E-state index contributed by atoms with van der Waals surface area (Å²) in [6.45, 7) is 0.220. The number of anilines is 2. The topological polar surface area (TPSA) is 107 Å². The number of nitrogens with one attached hydrogen (secondary N) is 1. The Morgan fingerprint density at radius 1 is 1.00 bits per heavy atom. The molecule has 1 fully saturated rings. The number of imide groups is 1. The molecule has 2 amide bonds. The fraction of sp³-hybridized carbons (Fsp3) is 0.267. The fourth-order valence-corrected chi connectivity index (χ4v) is 5.34. The molecule has 0 saturated carbocycles. The number of esters is 1. The Hall–Kier alpha value is -4.52. The van der Waals surface area contributed by atoms with E-state index < -0.39 is 34.8 Å². The smallest absolute Gasteiger partial charge is 0.416 e. The molecule has 226 valence electrons. The second kappa shape index (κ2) is 13.6. The van der Waals surface area contributed by atoms with E-state index in [1.807, 2.05) is 6.07 Å². The van der Waals surface area contributed by atoms with Crippen molar-refractivity contribution in [2.24, 2.45) is 4.99 Å². The molecule has 9 nitrogen and oxygen atoms in total. The van der Waals surface area contributed by atoms with E-state index in [1.54, 1.807) is 12.1 Å². The van der Waals surface area contributed by atoms with Crippen LogP contribution >= 0.6 is 11.8 Å². The molecule has 1 atom stereocenters. The first-order chi connectivity index (χ1) is 20.5. The molecule has 1 heterocycles. The molecule has 1 aliphatic heterocycles. The highest BCUT2D eigenvalue weighted by atomic mass is 32.2. The van der Waals surface area contributed by atoms with Gasteiger partial charge < -0.3 is 19.5 Å². The number of thioether (sulfide) groups is 1. The van der Waals surface area contributed by atoms with Crippen molar-refractivity contribution in [1.82, 2.24) is 0 Å². The van der Waals surface area contributed by atoms with E-state index in [1.165, 1.54) is 57.7 Å². The number of hydrogen-bond donors (Lipinski definition) is 1. The summed E-state index contributed by atoms with van der Waals surface area (Å²) in [6, 6.07) is 15.8. The third-order valence-electron chi connectivity index (χ3n) is 6.45. The van der Waals surface area contributed by atoms with E-state index in [2.05, 4.69) is 15.0 Å². The van der Waals surface area contributed by atoms with Crippen molar-refractivity contribution in [3.63, 3.8) is 0 Å². The number of halogens is 3. The summed E-state index contributed by atoms with van der Waals surface area (Å²) in [6.07, 6.45) is -4.25. The maximum absolute atomic E-state index is 13.3. The number of methoxy groups -OCH3 is 3. The Balaban J connectivity index is 1.55. The van der Waals surface area contributed by atoms with Gasteiger partial charge in [0.05, 0.1) is 38.1 Å². The highest BCUT2D eigenvalue weighted by molar-refractivity contribution is 8.15. The van der Waals surface area contributed by atoms with Gasteiger partial charge in [0.15, 0.2) is 16.7 Å². The minimum atomic E-state index is -4.55. The molecule has 0 unspecified atom stereocenters. The first-order valence-electron chi connectivity index (χ1n) is 13.0. The normalized spacial score (nSPS) is 15.4. The summed E-state index contributed by atoms with van der Waals surface area (Å²) in [4.78, 5) is 43.5. The van der Waals surface area contributed by atoms with Gasteiger partial charge in [-0.25, -0.2) is 9.69 Å². The molecule has 0 spiro atoms. The maximum atomic E-state index is 13.3. The number of alkyl halides is 3. The molecule has 0 aliphatic carbocycles. The number of hydrogen-bond acceptors (Lipinski definition) is 8. The number of rotatable bonds is 9. The van der Waals surface area contributed by atoms with Crippen LogP contribution in [0.3, 0.4) is 0 Å². The number of amidine groups is 1. The van der Waals surface area contributed by atoms with Crippen LogP contribution in [0.25, 0.3) is 0 Å². The lowest BCUT2D eigenvalue weighted by atomic mass is 10.1. The highest BCUT2D eigenvalue weighted by Crippen LogP contribution is 2.33. The minimum absolute atomic E-state index is 0.124. The Labute approximate surface area is 250 Å². The van der Waals surface area contributed by atoms with Gasteiger partial charge in [0.2, 0.25) is 11.8 Å². The molecule has 4 rings (SSSR count). The van der Waals surface area contributed by atoms with Crippen molar-refractivity contribution in [2.45, 2.75) is 24.3 Å². The lowest BCUT2D eigenvalue weighted by molar-refractivity contribution is -0.137. The van der Waals surface area contributed by atoms with Gasteiger partial charge in [0, 0.05) is 18.7 Å². The number of carbonyl (C=O) groups is 3. The monoisotopic (exact) mass is 615 g/mol. The average molecular weight is 616 g/mol. The zero-order valence-corrected chi connectivity index (χ0v) is 24.3. The van der Waals surface area contributed by atoms with Gasteiger partial charge in [-0.05, 0) is 66.6 Å². The van der Waals surface area contributed by atoms with E-state index in [0.717, 1.165) is 34.4 Å². The number of carbonyl (C=O) groups excluding carboxylic acids is 3. The van der Waals surface area contributed by atoms with Crippen LogP contribution in [0.15, 0.2) is 71.7 Å². The highest BCUT2D eigenvalue weighted by Gasteiger charge is 2.41. The standard InChI is InChI=1S/C30H28F3N3O6S/c1-40-23-12-7-18(15-24(23)41-2)13-14-34-29(35-21-6-4-5-20(16-21)30(31,32)33)43-25-17-26(37)36(27(25)38)22-10-8-19(9-11-22)28(39)42-3/h4-12,15-16,25H,13-14,17H2,1-3H3,(H,34,35)/t25-/m0/s1. The van der Waals surface area contributed by atoms with Crippen LogP contribution in [0.5, 0.6) is 11.5 Å². The molecular weight excluding hydrogens is 587 g/mol. The summed E-state index contributed by atoms with van der Waals surface area (Å²) < 4.78 is 55.3. The summed E-state index contributed by atoms with van der Waals surface area (Å²) in [5, 5.41) is 2.19. The van der Waals surface area contributed by atoms with Crippen LogP contribution in [0.1, 0.15) is 27.9 Å². The van der Waals surface area contributed by atoms with Crippen LogP contribution in [-0.4, -0.2) is 56.1 Å². The van der Waals surface area contributed by atoms with Crippen LogP contribution in [0, 0.1) is 0 Å². The first-order valence-corrected chi connectivity index (χ1v) is 13.8. The lowest BCUT2D eigenvalue weighted by Gasteiger charge is -2.17. The quantitative estimate of drug-likeness (QED) is 0.144. The third kappa shape index (κ3) is 7.66. The number of aliphatic imine (C=N–C) groups is 1. The maximum Gasteiger partial charge on any atom is 0.416 e. The molecule has 3 aromatic carbocycles. The molecule has 13 heteroatoms. The first kappa shape index (κ1) is 31.4. The van der Waals surface area contributed by atoms with Crippen molar-refractivity contribution in [2.75, 3.05) is 38.1 Å². The van der Waals surface area contributed by atoms with E-state index in [4.69, 9.17) is 9.47 Å². The Morgan fingerprint density at radius 2 is 1.72 bits per heavy atom. The molecule has 0 aromatic heterocycles. The van der Waals surface area contributed by atoms with Gasteiger partial charge in [-0.1, -0.05) is 23.9 Å². The van der Waals surface area contributed by atoms with E-state index >= 15 is 0 Å². The predicted molar refractivity (Wildman–Crippen MR) is 157 cm³/mol. The summed E-state index contributed by atoms with van der Waals surface area (Å²) >= 11 is 0.958. The summed E-state index contributed by atoms with van der Waals surface area (Å²) in [7, 11) is 4.29. The van der Waals surface area contributed by atoms with Crippen molar-refractivity contribution in [1.29, 1.82) is 0 Å². The van der Waals surface area contributed by atoms with Crippen molar-refractivity contribution >= 4 is 46.1 Å². The second-order valence-corrected chi connectivity index (χ2v) is 10.4. The van der Waals surface area contributed by atoms with Gasteiger partial charge in [-0.3, -0.25) is 14.6 Å². The molecule has 1 aliphatic rings. The van der Waals surface area contributed by atoms with E-state index in [9.17, 15) is 27.6 Å². The van der Waals surface area contributed by atoms with Crippen LogP contribution in [0.2, 0.25) is 0 Å². The SMILES string of the molecule is COC(=O)c1ccc(N2C(=O)C[C@H](SC(=NCCc3ccc(OC)c(OC)c3)Nc3cccc(C(F)(F)F)c3)C2=O)cc1. The van der Waals surface area contributed by atoms with Gasteiger partial charge >= 0.3 is 12.1 Å². The van der Waals surface area contributed by atoms with E-state index in [0.29, 0.717) is 17.9 Å². The van der Waals surface area contributed by atoms with Crippen LogP contribution in [-0.2, 0) is 26.9 Å². The van der Waals surface area contributed by atoms with Crippen molar-refractivity contribution in [3.8, 4) is 11.5 Å². The predicted octanol–water partition coefficient (Wildman–Crippen LogP) is 5.59. The number of nitrogens with zero attached hydrogens (tertiary/aromatic N) is 2. The zero-order chi connectivity index (χ0) is 31.1. The molecule has 3 aromatic rings. The minimum Gasteiger partial charge on any atom is -0.493 e. The number of amides is 2. The molecule has 1 saturated heterocycles. The van der Waals surface area contributed by atoms with Crippen molar-refractivity contribution < 1.29 is 41.8 Å². The van der Waals surface area contributed by atoms with Gasteiger partial charge in [0.25, 0.3) is 0 Å². The second-order valence-electron chi connectivity index (χ2n) is 9.25. The molecule has 1 N–H and O–H groups in total. The average Bonchev–Trinajstić information content (AvgIpc) is 3.28. The third-order valence-corrected chi connectivity index (χ3v) is 7.56. The molecule has 0 bridgehead atoms. The number of benzene rings is 3.